The van der Waals surface area contributed by atoms with Crippen molar-refractivity contribution in [3.63, 3.8) is 0 Å². The van der Waals surface area contributed by atoms with Crippen molar-refractivity contribution in [2.75, 3.05) is 6.61 Å². The number of nitrogens with one attached hydrogen (secondary N) is 1. The number of para-hydroxylation sites is 1. The standard InChI is InChI=1S/C22H24N2O5/c1-21(2)13-8-9-22(21,3)18(10-13)23-24-19(26)12-28-20(27)17-11-15(25)14-6-4-5-7-16(14)29-17/h4-7,11,13H,8-10,12H2,1-3H3,(H,24,26)/b23-18-. The summed E-state index contributed by atoms with van der Waals surface area (Å²) in [5.74, 6) is -1.06. The second-order valence-electron chi connectivity index (χ2n) is 8.63. The van der Waals surface area contributed by atoms with Crippen LogP contribution in [0, 0.1) is 16.7 Å². The fourth-order valence-corrected chi connectivity index (χ4v) is 4.67. The second kappa shape index (κ2) is 6.83. The Kier molecular flexibility index (Phi) is 4.56. The van der Waals surface area contributed by atoms with Gasteiger partial charge in [0.2, 0.25) is 5.76 Å². The highest BCUT2D eigenvalue weighted by atomic mass is 16.5. The number of esters is 1. The molecular formula is C22H24N2O5. The zero-order chi connectivity index (χ0) is 20.8. The molecule has 1 amide bonds. The molecule has 2 unspecified atom stereocenters. The Bertz CT molecular complexity index is 1080. The van der Waals surface area contributed by atoms with Crippen LogP contribution in [0.3, 0.4) is 0 Å². The lowest BCUT2D eigenvalue weighted by molar-refractivity contribution is -0.124. The minimum Gasteiger partial charge on any atom is -0.450 e. The molecule has 1 aromatic heterocycles. The average molecular weight is 396 g/mol. The first-order chi connectivity index (χ1) is 13.7. The molecule has 7 nitrogen and oxygen atoms in total. The number of hydrazone groups is 1. The Hall–Kier alpha value is -2.96. The minimum atomic E-state index is -0.872. The number of ether oxygens (including phenoxy) is 1. The first-order valence-corrected chi connectivity index (χ1v) is 9.78. The number of carbonyl (C=O) groups excluding carboxylic acids is 2. The predicted octanol–water partition coefficient (Wildman–Crippen LogP) is 3.27. The first-order valence-electron chi connectivity index (χ1n) is 9.78. The summed E-state index contributed by atoms with van der Waals surface area (Å²) in [6, 6.07) is 7.68. The number of amides is 1. The Labute approximate surface area is 168 Å². The quantitative estimate of drug-likeness (QED) is 0.632. The maximum absolute atomic E-state index is 12.2. The van der Waals surface area contributed by atoms with Gasteiger partial charge in [-0.2, -0.15) is 5.10 Å². The van der Waals surface area contributed by atoms with Gasteiger partial charge in [-0.25, -0.2) is 10.2 Å². The molecule has 0 spiro atoms. The van der Waals surface area contributed by atoms with E-state index >= 15 is 0 Å². The van der Waals surface area contributed by atoms with Crippen molar-refractivity contribution in [2.24, 2.45) is 21.8 Å². The molecule has 29 heavy (non-hydrogen) atoms. The lowest BCUT2D eigenvalue weighted by atomic mass is 9.70. The van der Waals surface area contributed by atoms with Crippen LogP contribution in [0.15, 0.2) is 44.6 Å². The van der Waals surface area contributed by atoms with Crippen LogP contribution in [-0.2, 0) is 9.53 Å². The highest BCUT2D eigenvalue weighted by Gasteiger charge is 2.60. The van der Waals surface area contributed by atoms with E-state index in [0.29, 0.717) is 11.3 Å². The molecule has 0 aliphatic heterocycles. The predicted molar refractivity (Wildman–Crippen MR) is 108 cm³/mol. The van der Waals surface area contributed by atoms with E-state index in [1.54, 1.807) is 24.3 Å². The Morgan fingerprint density at radius 1 is 1.28 bits per heavy atom. The van der Waals surface area contributed by atoms with Crippen molar-refractivity contribution in [2.45, 2.75) is 40.0 Å². The fourth-order valence-electron chi connectivity index (χ4n) is 4.67. The van der Waals surface area contributed by atoms with Crippen molar-refractivity contribution in [3.8, 4) is 0 Å². The Morgan fingerprint density at radius 3 is 2.72 bits per heavy atom. The maximum atomic E-state index is 12.2. The van der Waals surface area contributed by atoms with Gasteiger partial charge in [-0.05, 0) is 42.7 Å². The first kappa shape index (κ1) is 19.4. The van der Waals surface area contributed by atoms with E-state index in [1.165, 1.54) is 6.42 Å². The summed E-state index contributed by atoms with van der Waals surface area (Å²) in [4.78, 5) is 36.3. The molecule has 0 saturated heterocycles. The molecule has 7 heteroatoms. The molecule has 2 bridgehead atoms. The van der Waals surface area contributed by atoms with E-state index in [0.717, 1.165) is 24.6 Å². The molecular weight excluding hydrogens is 372 g/mol. The number of hydrogen-bond donors (Lipinski definition) is 1. The smallest absolute Gasteiger partial charge is 0.374 e. The van der Waals surface area contributed by atoms with Gasteiger partial charge in [-0.1, -0.05) is 32.9 Å². The van der Waals surface area contributed by atoms with Crippen LogP contribution in [0.25, 0.3) is 11.0 Å². The minimum absolute atomic E-state index is 0.0177. The third-order valence-corrected chi connectivity index (χ3v) is 7.00. The Balaban J connectivity index is 1.38. The highest BCUT2D eigenvalue weighted by Crippen LogP contribution is 2.63. The summed E-state index contributed by atoms with van der Waals surface area (Å²) in [5, 5.41) is 4.71. The molecule has 2 fully saturated rings. The lowest BCUT2D eigenvalue weighted by Gasteiger charge is -2.34. The van der Waals surface area contributed by atoms with E-state index in [9.17, 15) is 14.4 Å². The van der Waals surface area contributed by atoms with Crippen LogP contribution >= 0.6 is 0 Å². The summed E-state index contributed by atoms with van der Waals surface area (Å²) in [7, 11) is 0. The van der Waals surface area contributed by atoms with Crippen LogP contribution in [-0.4, -0.2) is 24.2 Å². The van der Waals surface area contributed by atoms with Gasteiger partial charge in [0.25, 0.3) is 5.91 Å². The third kappa shape index (κ3) is 3.14. The van der Waals surface area contributed by atoms with Gasteiger partial charge in [0.1, 0.15) is 5.58 Å². The topological polar surface area (TPSA) is 98.0 Å². The number of hydrogen-bond acceptors (Lipinski definition) is 6. The van der Waals surface area contributed by atoms with Crippen LogP contribution in [0.4, 0.5) is 0 Å². The zero-order valence-electron chi connectivity index (χ0n) is 16.8. The van der Waals surface area contributed by atoms with E-state index in [2.05, 4.69) is 31.3 Å². The number of benzene rings is 1. The van der Waals surface area contributed by atoms with E-state index in [1.807, 2.05) is 0 Å². The van der Waals surface area contributed by atoms with E-state index in [4.69, 9.17) is 9.15 Å². The van der Waals surface area contributed by atoms with Crippen LogP contribution < -0.4 is 10.9 Å². The number of carbonyl (C=O) groups is 2. The lowest BCUT2D eigenvalue weighted by Crippen LogP contribution is -2.35. The summed E-state index contributed by atoms with van der Waals surface area (Å²) >= 11 is 0. The van der Waals surface area contributed by atoms with Crippen LogP contribution in [0.5, 0.6) is 0 Å². The van der Waals surface area contributed by atoms with Gasteiger partial charge in [-0.15, -0.1) is 0 Å². The summed E-state index contributed by atoms with van der Waals surface area (Å²) in [6.45, 7) is 6.21. The van der Waals surface area contributed by atoms with Gasteiger partial charge in [0.15, 0.2) is 12.0 Å². The third-order valence-electron chi connectivity index (χ3n) is 7.00. The van der Waals surface area contributed by atoms with Gasteiger partial charge in [-0.3, -0.25) is 9.59 Å². The van der Waals surface area contributed by atoms with Crippen LogP contribution in [0.1, 0.15) is 50.6 Å². The number of fused-ring (bicyclic) bond motifs is 3. The van der Waals surface area contributed by atoms with Crippen molar-refractivity contribution < 1.29 is 18.7 Å². The van der Waals surface area contributed by atoms with Crippen molar-refractivity contribution in [3.05, 3.63) is 46.3 Å². The SMILES string of the molecule is CC12CCC(C/C1=N/NC(=O)COC(=O)c1cc(=O)c3ccccc3o1)C2(C)C. The largest absolute Gasteiger partial charge is 0.450 e. The summed E-state index contributed by atoms with van der Waals surface area (Å²) in [5.41, 5.74) is 3.59. The molecule has 0 radical (unpaired) electrons. The van der Waals surface area contributed by atoms with E-state index in [-0.39, 0.29) is 27.6 Å². The van der Waals surface area contributed by atoms with Gasteiger partial charge < -0.3 is 9.15 Å². The Morgan fingerprint density at radius 2 is 2.03 bits per heavy atom. The molecule has 1 N–H and O–H groups in total. The molecule has 2 saturated carbocycles. The maximum Gasteiger partial charge on any atom is 0.374 e. The molecule has 2 atom stereocenters. The monoisotopic (exact) mass is 396 g/mol. The van der Waals surface area contributed by atoms with E-state index < -0.39 is 18.5 Å². The normalized spacial score (nSPS) is 26.0. The summed E-state index contributed by atoms with van der Waals surface area (Å²) in [6.07, 6.45) is 3.13. The van der Waals surface area contributed by atoms with Crippen molar-refractivity contribution in [1.29, 1.82) is 0 Å². The fraction of sp³-hybridized carbons (Fsp3) is 0.455. The van der Waals surface area contributed by atoms with Crippen molar-refractivity contribution in [1.82, 2.24) is 5.43 Å². The van der Waals surface area contributed by atoms with Crippen LogP contribution in [0.2, 0.25) is 0 Å². The van der Waals surface area contributed by atoms with Crippen molar-refractivity contribution >= 4 is 28.6 Å². The molecule has 1 aromatic carbocycles. The molecule has 2 aromatic rings. The summed E-state index contributed by atoms with van der Waals surface area (Å²) < 4.78 is 10.4. The van der Waals surface area contributed by atoms with Gasteiger partial charge in [0.05, 0.1) is 5.39 Å². The van der Waals surface area contributed by atoms with Gasteiger partial charge >= 0.3 is 5.97 Å². The zero-order valence-corrected chi connectivity index (χ0v) is 16.8. The molecule has 2 aliphatic carbocycles. The number of nitrogens with zero attached hydrogens (tertiary/aromatic N) is 1. The molecule has 1 heterocycles. The molecule has 4 rings (SSSR count). The second-order valence-corrected chi connectivity index (χ2v) is 8.63. The highest BCUT2D eigenvalue weighted by molar-refractivity contribution is 5.95. The molecule has 2 aliphatic rings. The number of rotatable bonds is 4. The van der Waals surface area contributed by atoms with Gasteiger partial charge in [0, 0.05) is 17.2 Å². The average Bonchev–Trinajstić information content (AvgIpc) is 3.03. The molecule has 152 valence electrons.